The SMILES string of the molecule is Cc1cccc2c1C(CC1c3ccccc3-c3ccccc31)c1ccccc1-2. The summed E-state index contributed by atoms with van der Waals surface area (Å²) >= 11 is 0. The van der Waals surface area contributed by atoms with Gasteiger partial charge >= 0.3 is 0 Å². The third kappa shape index (κ3) is 2.12. The van der Waals surface area contributed by atoms with Gasteiger partial charge in [-0.2, -0.15) is 0 Å². The smallest absolute Gasteiger partial charge is 0.0113 e. The zero-order chi connectivity index (χ0) is 18.7. The molecule has 0 fully saturated rings. The lowest BCUT2D eigenvalue weighted by atomic mass is 9.81. The molecule has 0 bridgehead atoms. The standard InChI is InChI=1S/C28H22/c1-18-9-8-16-25-21-12-4-7-15-24(21)27(28(18)25)17-26-22-13-5-2-10-19(22)20-11-3-6-14-23(20)26/h2-16,26-27H,17H2,1H3. The topological polar surface area (TPSA) is 0 Å². The average Bonchev–Trinajstić information content (AvgIpc) is 3.24. The maximum absolute atomic E-state index is 2.34. The second-order valence-electron chi connectivity index (χ2n) is 8.14. The normalized spacial score (nSPS) is 16.4. The fourth-order valence-electron chi connectivity index (χ4n) is 5.57. The Kier molecular flexibility index (Phi) is 3.37. The Morgan fingerprint density at radius 2 is 0.964 bits per heavy atom. The molecular formula is C28H22. The van der Waals surface area contributed by atoms with Crippen LogP contribution in [0.4, 0.5) is 0 Å². The molecule has 0 saturated heterocycles. The van der Waals surface area contributed by atoms with E-state index in [9.17, 15) is 0 Å². The van der Waals surface area contributed by atoms with Crippen molar-refractivity contribution in [3.05, 3.63) is 119 Å². The second kappa shape index (κ2) is 5.94. The van der Waals surface area contributed by atoms with Crippen LogP contribution in [0.1, 0.15) is 46.1 Å². The van der Waals surface area contributed by atoms with E-state index in [1.54, 1.807) is 0 Å². The fraction of sp³-hybridized carbons (Fsp3) is 0.143. The number of aryl methyl sites for hydroxylation is 1. The van der Waals surface area contributed by atoms with Crippen molar-refractivity contribution in [1.29, 1.82) is 0 Å². The largest absolute Gasteiger partial charge is 0.0619 e. The van der Waals surface area contributed by atoms with E-state index >= 15 is 0 Å². The molecule has 1 atom stereocenters. The molecule has 0 radical (unpaired) electrons. The van der Waals surface area contributed by atoms with Gasteiger partial charge in [-0.1, -0.05) is 91.0 Å². The lowest BCUT2D eigenvalue weighted by Gasteiger charge is -2.22. The lowest BCUT2D eigenvalue weighted by Crippen LogP contribution is -2.06. The highest BCUT2D eigenvalue weighted by atomic mass is 14.4. The highest BCUT2D eigenvalue weighted by Crippen LogP contribution is 2.54. The van der Waals surface area contributed by atoms with Gasteiger partial charge in [0.25, 0.3) is 0 Å². The summed E-state index contributed by atoms with van der Waals surface area (Å²) in [5.41, 5.74) is 13.1. The van der Waals surface area contributed by atoms with Gasteiger partial charge in [0.05, 0.1) is 0 Å². The van der Waals surface area contributed by atoms with Crippen molar-refractivity contribution in [2.45, 2.75) is 25.2 Å². The summed E-state index contributed by atoms with van der Waals surface area (Å²) in [5, 5.41) is 0. The molecule has 28 heavy (non-hydrogen) atoms. The van der Waals surface area contributed by atoms with Crippen LogP contribution in [0.3, 0.4) is 0 Å². The molecule has 0 aromatic heterocycles. The molecule has 2 aliphatic carbocycles. The van der Waals surface area contributed by atoms with E-state index in [0.717, 1.165) is 6.42 Å². The van der Waals surface area contributed by atoms with Gasteiger partial charge in [-0.15, -0.1) is 0 Å². The Morgan fingerprint density at radius 3 is 1.57 bits per heavy atom. The van der Waals surface area contributed by atoms with E-state index in [1.165, 1.54) is 50.1 Å². The molecule has 134 valence electrons. The van der Waals surface area contributed by atoms with E-state index in [-0.39, 0.29) is 0 Å². The predicted molar refractivity (Wildman–Crippen MR) is 117 cm³/mol. The Labute approximate surface area is 166 Å². The van der Waals surface area contributed by atoms with Crippen LogP contribution in [-0.2, 0) is 0 Å². The summed E-state index contributed by atoms with van der Waals surface area (Å²) in [7, 11) is 0. The van der Waals surface area contributed by atoms with Gasteiger partial charge in [-0.25, -0.2) is 0 Å². The van der Waals surface area contributed by atoms with Crippen LogP contribution in [0.25, 0.3) is 22.3 Å². The quantitative estimate of drug-likeness (QED) is 0.352. The molecule has 0 spiro atoms. The van der Waals surface area contributed by atoms with Gasteiger partial charge in [0.2, 0.25) is 0 Å². The summed E-state index contributed by atoms with van der Waals surface area (Å²) in [6.45, 7) is 2.27. The molecule has 0 saturated carbocycles. The summed E-state index contributed by atoms with van der Waals surface area (Å²) in [4.78, 5) is 0. The third-order valence-electron chi connectivity index (χ3n) is 6.73. The molecule has 2 aliphatic rings. The van der Waals surface area contributed by atoms with Gasteiger partial charge in [-0.05, 0) is 63.4 Å². The van der Waals surface area contributed by atoms with Crippen LogP contribution in [0.15, 0.2) is 91.0 Å². The average molecular weight is 358 g/mol. The van der Waals surface area contributed by atoms with Crippen LogP contribution in [0, 0.1) is 6.92 Å². The van der Waals surface area contributed by atoms with Crippen molar-refractivity contribution in [3.8, 4) is 22.3 Å². The van der Waals surface area contributed by atoms with E-state index in [0.29, 0.717) is 11.8 Å². The van der Waals surface area contributed by atoms with Gasteiger partial charge in [0.1, 0.15) is 0 Å². The van der Waals surface area contributed by atoms with Crippen LogP contribution >= 0.6 is 0 Å². The number of benzene rings is 4. The first kappa shape index (κ1) is 15.9. The maximum atomic E-state index is 2.34. The lowest BCUT2D eigenvalue weighted by molar-refractivity contribution is 0.661. The molecule has 0 amide bonds. The molecule has 0 nitrogen and oxygen atoms in total. The van der Waals surface area contributed by atoms with Crippen molar-refractivity contribution in [2.24, 2.45) is 0 Å². The first-order valence-electron chi connectivity index (χ1n) is 10.2. The molecule has 0 heterocycles. The summed E-state index contributed by atoms with van der Waals surface area (Å²) in [6.07, 6.45) is 1.13. The Morgan fingerprint density at radius 1 is 0.500 bits per heavy atom. The van der Waals surface area contributed by atoms with Crippen molar-refractivity contribution >= 4 is 0 Å². The minimum atomic E-state index is 0.455. The summed E-state index contributed by atoms with van der Waals surface area (Å²) in [5.74, 6) is 0.910. The molecule has 0 aliphatic heterocycles. The maximum Gasteiger partial charge on any atom is 0.0113 e. The van der Waals surface area contributed by atoms with Crippen LogP contribution < -0.4 is 0 Å². The van der Waals surface area contributed by atoms with Crippen LogP contribution in [-0.4, -0.2) is 0 Å². The van der Waals surface area contributed by atoms with Gasteiger partial charge < -0.3 is 0 Å². The number of hydrogen-bond acceptors (Lipinski definition) is 0. The van der Waals surface area contributed by atoms with Crippen molar-refractivity contribution < 1.29 is 0 Å². The summed E-state index contributed by atoms with van der Waals surface area (Å²) < 4.78 is 0. The minimum absolute atomic E-state index is 0.455. The first-order valence-corrected chi connectivity index (χ1v) is 10.2. The Bertz CT molecular complexity index is 1170. The molecule has 0 heteroatoms. The van der Waals surface area contributed by atoms with Crippen LogP contribution in [0.2, 0.25) is 0 Å². The van der Waals surface area contributed by atoms with Gasteiger partial charge in [0, 0.05) is 11.8 Å². The number of rotatable bonds is 2. The zero-order valence-corrected chi connectivity index (χ0v) is 16.0. The second-order valence-corrected chi connectivity index (χ2v) is 8.14. The zero-order valence-electron chi connectivity index (χ0n) is 16.0. The molecule has 4 aromatic rings. The molecule has 6 rings (SSSR count). The van der Waals surface area contributed by atoms with E-state index in [1.807, 2.05) is 0 Å². The van der Waals surface area contributed by atoms with E-state index < -0.39 is 0 Å². The van der Waals surface area contributed by atoms with Crippen molar-refractivity contribution in [2.75, 3.05) is 0 Å². The molecule has 4 aromatic carbocycles. The predicted octanol–water partition coefficient (Wildman–Crippen LogP) is 7.31. The third-order valence-corrected chi connectivity index (χ3v) is 6.73. The molecular weight excluding hydrogens is 336 g/mol. The first-order chi connectivity index (χ1) is 13.8. The number of hydrogen-bond donors (Lipinski definition) is 0. The highest BCUT2D eigenvalue weighted by molar-refractivity contribution is 5.82. The van der Waals surface area contributed by atoms with Crippen LogP contribution in [0.5, 0.6) is 0 Å². The highest BCUT2D eigenvalue weighted by Gasteiger charge is 2.35. The minimum Gasteiger partial charge on any atom is -0.0619 e. The van der Waals surface area contributed by atoms with Gasteiger partial charge in [0.15, 0.2) is 0 Å². The van der Waals surface area contributed by atoms with Gasteiger partial charge in [-0.3, -0.25) is 0 Å². The summed E-state index contributed by atoms with van der Waals surface area (Å²) in [6, 6.07) is 33.8. The Balaban J connectivity index is 1.53. The number of fused-ring (bicyclic) bond motifs is 6. The molecule has 0 N–H and O–H groups in total. The Hall–Kier alpha value is -3.12. The monoisotopic (exact) mass is 358 g/mol. The van der Waals surface area contributed by atoms with E-state index in [4.69, 9.17) is 0 Å². The van der Waals surface area contributed by atoms with Crippen molar-refractivity contribution in [1.82, 2.24) is 0 Å². The molecule has 1 unspecified atom stereocenters. The van der Waals surface area contributed by atoms with E-state index in [2.05, 4.69) is 97.9 Å². The fourth-order valence-corrected chi connectivity index (χ4v) is 5.57. The van der Waals surface area contributed by atoms with Crippen molar-refractivity contribution in [3.63, 3.8) is 0 Å².